The van der Waals surface area contributed by atoms with E-state index in [0.29, 0.717) is 11.8 Å². The van der Waals surface area contributed by atoms with Crippen molar-refractivity contribution in [1.29, 1.82) is 0 Å². The van der Waals surface area contributed by atoms with Gasteiger partial charge in [-0.15, -0.1) is 24.0 Å². The molecule has 1 aliphatic rings. The maximum Gasteiger partial charge on any atom is 0.325 e. The second kappa shape index (κ2) is 8.80. The molecule has 0 saturated carbocycles. The first-order valence-corrected chi connectivity index (χ1v) is 7.38. The summed E-state index contributed by atoms with van der Waals surface area (Å²) in [7, 11) is 1.75. The van der Waals surface area contributed by atoms with Crippen molar-refractivity contribution < 1.29 is 9.53 Å². The number of esters is 1. The highest BCUT2D eigenvalue weighted by Crippen LogP contribution is 2.20. The zero-order valence-electron chi connectivity index (χ0n) is 14.1. The Hall–Kier alpha value is -0.530. The number of aliphatic imine (C=N–C) groups is 1. The van der Waals surface area contributed by atoms with Gasteiger partial charge >= 0.3 is 5.97 Å². The minimum Gasteiger partial charge on any atom is -0.459 e. The number of nitrogens with one attached hydrogen (secondary N) is 1. The van der Waals surface area contributed by atoms with E-state index in [4.69, 9.17) is 4.74 Å². The van der Waals surface area contributed by atoms with E-state index in [0.717, 1.165) is 19.0 Å². The van der Waals surface area contributed by atoms with E-state index in [1.165, 1.54) is 6.42 Å². The Morgan fingerprint density at radius 2 is 1.81 bits per heavy atom. The van der Waals surface area contributed by atoms with Crippen molar-refractivity contribution in [3.63, 3.8) is 0 Å². The van der Waals surface area contributed by atoms with Gasteiger partial charge in [-0.05, 0) is 39.0 Å². The highest BCUT2D eigenvalue weighted by molar-refractivity contribution is 14.0. The molecule has 6 heteroatoms. The van der Waals surface area contributed by atoms with E-state index in [1.54, 1.807) is 7.05 Å². The fourth-order valence-electron chi connectivity index (χ4n) is 2.70. The van der Waals surface area contributed by atoms with E-state index in [-0.39, 0.29) is 36.5 Å². The fourth-order valence-corrected chi connectivity index (χ4v) is 2.70. The summed E-state index contributed by atoms with van der Waals surface area (Å²) < 4.78 is 5.29. The van der Waals surface area contributed by atoms with Gasteiger partial charge in [-0.3, -0.25) is 9.79 Å². The summed E-state index contributed by atoms with van der Waals surface area (Å²) in [5.74, 6) is 1.84. The van der Waals surface area contributed by atoms with Crippen molar-refractivity contribution >= 4 is 35.9 Å². The third kappa shape index (κ3) is 7.87. The van der Waals surface area contributed by atoms with Crippen LogP contribution >= 0.6 is 24.0 Å². The zero-order valence-corrected chi connectivity index (χ0v) is 16.4. The van der Waals surface area contributed by atoms with Crippen LogP contribution in [0.15, 0.2) is 4.99 Å². The van der Waals surface area contributed by atoms with E-state index in [2.05, 4.69) is 29.1 Å². The highest BCUT2D eigenvalue weighted by atomic mass is 127. The molecule has 0 aromatic carbocycles. The third-order valence-electron chi connectivity index (χ3n) is 3.19. The molecule has 124 valence electrons. The second-order valence-electron chi connectivity index (χ2n) is 6.84. The lowest BCUT2D eigenvalue weighted by molar-refractivity contribution is -0.153. The van der Waals surface area contributed by atoms with Gasteiger partial charge in [0.05, 0.1) is 0 Å². The van der Waals surface area contributed by atoms with Gasteiger partial charge in [-0.2, -0.15) is 0 Å². The molecule has 0 bridgehead atoms. The number of likely N-dealkylation sites (tertiary alicyclic amines) is 1. The lowest BCUT2D eigenvalue weighted by Gasteiger charge is -2.37. The molecule has 1 N–H and O–H groups in total. The Balaban J connectivity index is 0.00000400. The molecule has 21 heavy (non-hydrogen) atoms. The van der Waals surface area contributed by atoms with Gasteiger partial charge in [0.25, 0.3) is 0 Å². The summed E-state index contributed by atoms with van der Waals surface area (Å²) in [6.45, 7) is 12.2. The molecule has 2 unspecified atom stereocenters. The summed E-state index contributed by atoms with van der Waals surface area (Å²) in [4.78, 5) is 18.2. The van der Waals surface area contributed by atoms with Gasteiger partial charge < -0.3 is 15.0 Å². The van der Waals surface area contributed by atoms with Crippen molar-refractivity contribution in [3.05, 3.63) is 0 Å². The molecule has 0 radical (unpaired) electrons. The number of carbonyl (C=O) groups excluding carboxylic acids is 1. The first-order chi connectivity index (χ1) is 9.21. The molecular formula is C15H30IN3O2. The minimum atomic E-state index is -0.448. The van der Waals surface area contributed by atoms with E-state index in [9.17, 15) is 4.79 Å². The average Bonchev–Trinajstić information content (AvgIpc) is 2.25. The Morgan fingerprint density at radius 1 is 1.29 bits per heavy atom. The van der Waals surface area contributed by atoms with Crippen LogP contribution in [0.5, 0.6) is 0 Å². The zero-order chi connectivity index (χ0) is 15.3. The Kier molecular flexibility index (Phi) is 8.58. The topological polar surface area (TPSA) is 53.9 Å². The molecular weight excluding hydrogens is 381 g/mol. The molecule has 0 spiro atoms. The quantitative estimate of drug-likeness (QED) is 0.328. The molecule has 2 atom stereocenters. The summed E-state index contributed by atoms with van der Waals surface area (Å²) in [6.07, 6.45) is 1.25. The Labute approximate surface area is 145 Å². The van der Waals surface area contributed by atoms with Crippen LogP contribution in [-0.4, -0.2) is 49.1 Å². The third-order valence-corrected chi connectivity index (χ3v) is 3.19. The van der Waals surface area contributed by atoms with Crippen LogP contribution < -0.4 is 5.32 Å². The van der Waals surface area contributed by atoms with Gasteiger partial charge in [0.2, 0.25) is 0 Å². The van der Waals surface area contributed by atoms with Crippen LogP contribution in [-0.2, 0) is 9.53 Å². The van der Waals surface area contributed by atoms with Gasteiger partial charge in [-0.25, -0.2) is 0 Å². The molecule has 0 aromatic heterocycles. The molecule has 1 saturated heterocycles. The summed E-state index contributed by atoms with van der Waals surface area (Å²) >= 11 is 0. The number of piperidine rings is 1. The van der Waals surface area contributed by atoms with E-state index < -0.39 is 5.60 Å². The van der Waals surface area contributed by atoms with Gasteiger partial charge in [0.15, 0.2) is 5.96 Å². The molecule has 5 nitrogen and oxygen atoms in total. The Morgan fingerprint density at radius 3 is 2.24 bits per heavy atom. The number of rotatable bonds is 2. The molecule has 0 amide bonds. The number of hydrogen-bond acceptors (Lipinski definition) is 3. The van der Waals surface area contributed by atoms with Crippen LogP contribution in [0.3, 0.4) is 0 Å². The maximum atomic E-state index is 11.7. The fraction of sp³-hybridized carbons (Fsp3) is 0.867. The largest absolute Gasteiger partial charge is 0.459 e. The standard InChI is InChI=1S/C15H29N3O2.HI/c1-11-7-12(2)10-18(9-11)14(16-6)17-8-13(19)20-15(3,4)5;/h11-12H,7-10H2,1-6H3,(H,16,17);1H. The predicted octanol–water partition coefficient (Wildman–Crippen LogP) is 2.50. The molecule has 1 rings (SSSR count). The molecule has 1 heterocycles. The molecule has 1 aliphatic heterocycles. The summed E-state index contributed by atoms with van der Waals surface area (Å²) in [5.41, 5.74) is -0.448. The van der Waals surface area contributed by atoms with Crippen LogP contribution in [0.25, 0.3) is 0 Å². The summed E-state index contributed by atoms with van der Waals surface area (Å²) in [6, 6.07) is 0. The normalized spacial score (nSPS) is 23.3. The van der Waals surface area contributed by atoms with Crippen molar-refractivity contribution in [1.82, 2.24) is 10.2 Å². The highest BCUT2D eigenvalue weighted by Gasteiger charge is 2.24. The van der Waals surface area contributed by atoms with Crippen LogP contribution in [0.2, 0.25) is 0 Å². The first kappa shape index (κ1) is 20.5. The van der Waals surface area contributed by atoms with Gasteiger partial charge in [0.1, 0.15) is 12.1 Å². The number of halogens is 1. The second-order valence-corrected chi connectivity index (χ2v) is 6.84. The van der Waals surface area contributed by atoms with Crippen molar-refractivity contribution in [2.24, 2.45) is 16.8 Å². The molecule has 0 aliphatic carbocycles. The SMILES string of the molecule is CN=C(NCC(=O)OC(C)(C)C)N1CC(C)CC(C)C1.I. The number of hydrogen-bond donors (Lipinski definition) is 1. The minimum absolute atomic E-state index is 0. The molecule has 1 fully saturated rings. The smallest absolute Gasteiger partial charge is 0.325 e. The van der Waals surface area contributed by atoms with Gasteiger partial charge in [-0.1, -0.05) is 13.8 Å². The molecule has 0 aromatic rings. The van der Waals surface area contributed by atoms with E-state index in [1.807, 2.05) is 20.8 Å². The predicted molar refractivity (Wildman–Crippen MR) is 97.1 cm³/mol. The van der Waals surface area contributed by atoms with Crippen molar-refractivity contribution in [2.45, 2.75) is 46.6 Å². The number of guanidine groups is 1. The average molecular weight is 411 g/mol. The lowest BCUT2D eigenvalue weighted by Crippen LogP contribution is -2.49. The maximum absolute atomic E-state index is 11.7. The van der Waals surface area contributed by atoms with Crippen molar-refractivity contribution in [3.8, 4) is 0 Å². The number of nitrogens with zero attached hydrogens (tertiary/aromatic N) is 2. The number of carbonyl (C=O) groups is 1. The van der Waals surface area contributed by atoms with E-state index >= 15 is 0 Å². The van der Waals surface area contributed by atoms with Crippen LogP contribution in [0.1, 0.15) is 41.0 Å². The van der Waals surface area contributed by atoms with Crippen LogP contribution in [0, 0.1) is 11.8 Å². The lowest BCUT2D eigenvalue weighted by atomic mass is 9.92. The van der Waals surface area contributed by atoms with Crippen LogP contribution in [0.4, 0.5) is 0 Å². The summed E-state index contributed by atoms with van der Waals surface area (Å²) in [5, 5.41) is 3.10. The van der Waals surface area contributed by atoms with Crippen molar-refractivity contribution in [2.75, 3.05) is 26.7 Å². The Bertz CT molecular complexity index is 356. The monoisotopic (exact) mass is 411 g/mol. The number of ether oxygens (including phenoxy) is 1. The first-order valence-electron chi connectivity index (χ1n) is 7.38. The van der Waals surface area contributed by atoms with Gasteiger partial charge in [0, 0.05) is 20.1 Å².